The van der Waals surface area contributed by atoms with Crippen LogP contribution in [0, 0.1) is 0 Å². The lowest BCUT2D eigenvalue weighted by molar-refractivity contribution is -0.114. The number of amides is 1. The minimum atomic E-state index is -0.286. The van der Waals surface area contributed by atoms with Crippen molar-refractivity contribution in [1.29, 1.82) is 0 Å². The highest BCUT2D eigenvalue weighted by Crippen LogP contribution is 2.42. The molecule has 4 rings (SSSR count). The standard InChI is InChI=1S/C21H16ClN3O/c1-3-16-17(4-2)21(26)25(20(16)13-5-7-14(22)8-6-13)15-9-10-18-19(11-15)24-12-23-18/h3-12,20H,1-2H2,(H,23,24). The van der Waals surface area contributed by atoms with E-state index in [2.05, 4.69) is 23.1 Å². The third-order valence-electron chi connectivity index (χ3n) is 4.60. The van der Waals surface area contributed by atoms with Gasteiger partial charge in [0, 0.05) is 16.3 Å². The Balaban J connectivity index is 1.90. The second kappa shape index (κ2) is 6.32. The third-order valence-corrected chi connectivity index (χ3v) is 4.86. The molecule has 1 aliphatic rings. The van der Waals surface area contributed by atoms with Gasteiger partial charge < -0.3 is 4.98 Å². The maximum absolute atomic E-state index is 13.1. The van der Waals surface area contributed by atoms with Crippen LogP contribution in [0.4, 0.5) is 5.69 Å². The van der Waals surface area contributed by atoms with E-state index in [4.69, 9.17) is 11.6 Å². The summed E-state index contributed by atoms with van der Waals surface area (Å²) in [6, 6.07) is 12.9. The predicted octanol–water partition coefficient (Wildman–Crippen LogP) is 4.97. The van der Waals surface area contributed by atoms with Gasteiger partial charge in [-0.1, -0.05) is 49.0 Å². The second-order valence-corrected chi connectivity index (χ2v) is 6.45. The number of anilines is 1. The highest BCUT2D eigenvalue weighted by atomic mass is 35.5. The van der Waals surface area contributed by atoms with Crippen LogP contribution in [0.3, 0.4) is 0 Å². The van der Waals surface area contributed by atoms with Gasteiger partial charge in [0.1, 0.15) is 0 Å². The van der Waals surface area contributed by atoms with Crippen LogP contribution < -0.4 is 4.90 Å². The largest absolute Gasteiger partial charge is 0.345 e. The molecule has 0 spiro atoms. The fourth-order valence-corrected chi connectivity index (χ4v) is 3.52. The number of carbonyl (C=O) groups excluding carboxylic acids is 1. The van der Waals surface area contributed by atoms with Crippen molar-refractivity contribution in [1.82, 2.24) is 9.97 Å². The van der Waals surface area contributed by atoms with E-state index >= 15 is 0 Å². The molecular formula is C21H16ClN3O. The normalized spacial score (nSPS) is 17.2. The van der Waals surface area contributed by atoms with E-state index in [1.165, 1.54) is 0 Å². The van der Waals surface area contributed by atoms with Gasteiger partial charge >= 0.3 is 0 Å². The van der Waals surface area contributed by atoms with Crippen LogP contribution in [0.5, 0.6) is 0 Å². The molecule has 1 aromatic heterocycles. The molecule has 1 N–H and O–H groups in total. The molecule has 2 aromatic carbocycles. The van der Waals surface area contributed by atoms with Crippen molar-refractivity contribution in [3.05, 3.63) is 95.8 Å². The summed E-state index contributed by atoms with van der Waals surface area (Å²) in [6.07, 6.45) is 4.96. The summed E-state index contributed by atoms with van der Waals surface area (Å²) in [5.74, 6) is -0.103. The van der Waals surface area contributed by atoms with E-state index in [1.54, 1.807) is 23.4 Å². The van der Waals surface area contributed by atoms with Gasteiger partial charge in [-0.05, 0) is 41.5 Å². The predicted molar refractivity (Wildman–Crippen MR) is 105 cm³/mol. The quantitative estimate of drug-likeness (QED) is 0.713. The van der Waals surface area contributed by atoms with E-state index in [9.17, 15) is 4.79 Å². The van der Waals surface area contributed by atoms with Crippen LogP contribution in [0.25, 0.3) is 11.0 Å². The summed E-state index contributed by atoms with van der Waals surface area (Å²) in [5.41, 5.74) is 4.85. The lowest BCUT2D eigenvalue weighted by Crippen LogP contribution is -2.29. The lowest BCUT2D eigenvalue weighted by Gasteiger charge is -2.27. The van der Waals surface area contributed by atoms with Crippen LogP contribution in [-0.2, 0) is 4.79 Å². The Morgan fingerprint density at radius 2 is 1.88 bits per heavy atom. The zero-order valence-electron chi connectivity index (χ0n) is 13.9. The SMILES string of the molecule is C=CC1=C(C=C)C(c2ccc(Cl)cc2)N(c2ccc3nc[nH]c3c2)C1=O. The number of hydrogen-bond donors (Lipinski definition) is 1. The number of halogens is 1. The fourth-order valence-electron chi connectivity index (χ4n) is 3.40. The molecule has 5 heteroatoms. The van der Waals surface area contributed by atoms with Crippen molar-refractivity contribution >= 4 is 34.2 Å². The van der Waals surface area contributed by atoms with Crippen molar-refractivity contribution in [2.24, 2.45) is 0 Å². The first kappa shape index (κ1) is 16.4. The maximum Gasteiger partial charge on any atom is 0.259 e. The minimum Gasteiger partial charge on any atom is -0.345 e. The van der Waals surface area contributed by atoms with Gasteiger partial charge in [0.25, 0.3) is 5.91 Å². The first-order valence-corrected chi connectivity index (χ1v) is 8.53. The van der Waals surface area contributed by atoms with E-state index in [0.717, 1.165) is 27.9 Å². The number of imidazole rings is 1. The van der Waals surface area contributed by atoms with Crippen molar-refractivity contribution in [3.8, 4) is 0 Å². The number of hydrogen-bond acceptors (Lipinski definition) is 2. The maximum atomic E-state index is 13.1. The zero-order valence-corrected chi connectivity index (χ0v) is 14.7. The molecule has 0 aliphatic carbocycles. The number of fused-ring (bicyclic) bond motifs is 1. The number of carbonyl (C=O) groups is 1. The Morgan fingerprint density at radius 3 is 2.58 bits per heavy atom. The fraction of sp³-hybridized carbons (Fsp3) is 0.0476. The number of nitrogens with one attached hydrogen (secondary N) is 1. The summed E-state index contributed by atoms with van der Waals surface area (Å²) in [5, 5.41) is 0.650. The average Bonchev–Trinajstić information content (AvgIpc) is 3.23. The van der Waals surface area contributed by atoms with E-state index < -0.39 is 0 Å². The van der Waals surface area contributed by atoms with Crippen molar-refractivity contribution in [2.75, 3.05) is 4.90 Å². The molecular weight excluding hydrogens is 346 g/mol. The Morgan fingerprint density at radius 1 is 1.12 bits per heavy atom. The Labute approximate surface area is 156 Å². The van der Waals surface area contributed by atoms with Crippen LogP contribution in [0.2, 0.25) is 5.02 Å². The Hall–Kier alpha value is -3.11. The van der Waals surface area contributed by atoms with Crippen LogP contribution in [0.15, 0.2) is 85.2 Å². The molecule has 0 fully saturated rings. The third kappa shape index (κ3) is 2.47. The molecule has 128 valence electrons. The highest BCUT2D eigenvalue weighted by Gasteiger charge is 2.38. The summed E-state index contributed by atoms with van der Waals surface area (Å²) in [7, 11) is 0. The van der Waals surface area contributed by atoms with Gasteiger partial charge in [-0.3, -0.25) is 9.69 Å². The molecule has 1 amide bonds. The van der Waals surface area contributed by atoms with Gasteiger partial charge in [0.15, 0.2) is 0 Å². The number of rotatable bonds is 4. The molecule has 0 bridgehead atoms. The summed E-state index contributed by atoms with van der Waals surface area (Å²) in [6.45, 7) is 7.72. The Bertz CT molecular complexity index is 1060. The van der Waals surface area contributed by atoms with Crippen LogP contribution in [0.1, 0.15) is 11.6 Å². The minimum absolute atomic E-state index is 0.103. The van der Waals surface area contributed by atoms with Crippen molar-refractivity contribution in [3.63, 3.8) is 0 Å². The topological polar surface area (TPSA) is 49.0 Å². The first-order valence-electron chi connectivity index (χ1n) is 8.15. The number of aromatic amines is 1. The molecule has 0 saturated heterocycles. The van der Waals surface area contributed by atoms with Crippen LogP contribution in [-0.4, -0.2) is 15.9 Å². The Kier molecular flexibility index (Phi) is 3.98. The average molecular weight is 362 g/mol. The second-order valence-electron chi connectivity index (χ2n) is 6.01. The lowest BCUT2D eigenvalue weighted by atomic mass is 9.97. The van der Waals surface area contributed by atoms with E-state index in [1.807, 2.05) is 42.5 Å². The highest BCUT2D eigenvalue weighted by molar-refractivity contribution is 6.30. The molecule has 1 unspecified atom stereocenters. The summed E-state index contributed by atoms with van der Waals surface area (Å²) >= 11 is 6.04. The molecule has 2 heterocycles. The molecule has 3 aromatic rings. The number of benzene rings is 2. The summed E-state index contributed by atoms with van der Waals surface area (Å²) < 4.78 is 0. The van der Waals surface area contributed by atoms with Gasteiger partial charge in [-0.25, -0.2) is 4.98 Å². The van der Waals surface area contributed by atoms with Crippen LogP contribution >= 0.6 is 11.6 Å². The molecule has 0 radical (unpaired) electrons. The molecule has 26 heavy (non-hydrogen) atoms. The smallest absolute Gasteiger partial charge is 0.259 e. The first-order chi connectivity index (χ1) is 12.6. The number of nitrogens with zero attached hydrogens (tertiary/aromatic N) is 2. The van der Waals surface area contributed by atoms with Gasteiger partial charge in [-0.2, -0.15) is 0 Å². The van der Waals surface area contributed by atoms with Gasteiger partial charge in [0.05, 0.1) is 23.4 Å². The summed E-state index contributed by atoms with van der Waals surface area (Å²) in [4.78, 5) is 22.2. The van der Waals surface area contributed by atoms with E-state index in [0.29, 0.717) is 10.6 Å². The monoisotopic (exact) mass is 361 g/mol. The zero-order chi connectivity index (χ0) is 18.3. The van der Waals surface area contributed by atoms with Gasteiger partial charge in [0.2, 0.25) is 0 Å². The van der Waals surface area contributed by atoms with Crippen molar-refractivity contribution in [2.45, 2.75) is 6.04 Å². The molecule has 1 atom stereocenters. The molecule has 0 saturated carbocycles. The number of H-pyrrole nitrogens is 1. The number of aromatic nitrogens is 2. The molecule has 1 aliphatic heterocycles. The van der Waals surface area contributed by atoms with Crippen molar-refractivity contribution < 1.29 is 4.79 Å². The molecule has 4 nitrogen and oxygen atoms in total. The van der Waals surface area contributed by atoms with E-state index in [-0.39, 0.29) is 11.9 Å². The van der Waals surface area contributed by atoms with Gasteiger partial charge in [-0.15, -0.1) is 0 Å².